The minimum absolute atomic E-state index is 0.798. The molecule has 0 unspecified atom stereocenters. The van der Waals surface area contributed by atoms with Crippen molar-refractivity contribution in [3.05, 3.63) is 28.8 Å². The third-order valence-electron chi connectivity index (χ3n) is 3.25. The molecule has 1 heterocycles. The first kappa shape index (κ1) is 12.3. The van der Waals surface area contributed by atoms with Crippen molar-refractivity contribution in [1.82, 2.24) is 5.32 Å². The smallest absolute Gasteiger partial charge is 0.0449 e. The Morgan fingerprint density at radius 1 is 1.38 bits per heavy atom. The molecular weight excluding hydrogens is 238 g/mol. The van der Waals surface area contributed by atoms with Gasteiger partial charge in [-0.1, -0.05) is 17.7 Å². The molecule has 1 fully saturated rings. The third kappa shape index (κ3) is 2.93. The highest BCUT2D eigenvalue weighted by Crippen LogP contribution is 2.31. The average molecular weight is 256 g/mol. The first-order valence-electron chi connectivity index (χ1n) is 5.83. The molecule has 2 rings (SSSR count). The molecule has 0 aromatic heterocycles. The van der Waals surface area contributed by atoms with Gasteiger partial charge in [0.2, 0.25) is 0 Å². The van der Waals surface area contributed by atoms with Crippen molar-refractivity contribution in [1.29, 1.82) is 0 Å². The Bertz CT molecular complexity index is 348. The van der Waals surface area contributed by atoms with E-state index < -0.39 is 0 Å². The number of benzene rings is 1. The van der Waals surface area contributed by atoms with Crippen molar-refractivity contribution >= 4 is 23.4 Å². The van der Waals surface area contributed by atoms with Crippen LogP contribution in [-0.2, 0) is 6.42 Å². The number of thioether (sulfide) groups is 1. The van der Waals surface area contributed by atoms with E-state index in [9.17, 15) is 0 Å². The molecule has 0 atom stereocenters. The highest BCUT2D eigenvalue weighted by Gasteiger charge is 2.16. The molecule has 0 spiro atoms. The summed E-state index contributed by atoms with van der Waals surface area (Å²) in [5.41, 5.74) is 1.35. The molecular formula is C13H18ClNS. The molecule has 0 saturated carbocycles. The molecule has 0 bridgehead atoms. The molecule has 1 aliphatic heterocycles. The van der Waals surface area contributed by atoms with Gasteiger partial charge in [0.05, 0.1) is 0 Å². The first-order valence-corrected chi connectivity index (χ1v) is 7.43. The van der Waals surface area contributed by atoms with Gasteiger partial charge < -0.3 is 5.32 Å². The van der Waals surface area contributed by atoms with Crippen molar-refractivity contribution < 1.29 is 0 Å². The Kier molecular flexibility index (Phi) is 4.56. The van der Waals surface area contributed by atoms with Crippen molar-refractivity contribution in [3.63, 3.8) is 0 Å². The Labute approximate surface area is 107 Å². The second kappa shape index (κ2) is 5.95. The summed E-state index contributed by atoms with van der Waals surface area (Å²) in [6.45, 7) is 2.31. The van der Waals surface area contributed by atoms with Crippen LogP contribution >= 0.6 is 23.4 Å². The Morgan fingerprint density at radius 2 is 2.12 bits per heavy atom. The summed E-state index contributed by atoms with van der Waals surface area (Å²) >= 11 is 8.10. The zero-order valence-corrected chi connectivity index (χ0v) is 11.2. The molecule has 1 nitrogen and oxygen atoms in total. The lowest BCUT2D eigenvalue weighted by atomic mass is 9.91. The summed E-state index contributed by atoms with van der Waals surface area (Å²) < 4.78 is 0. The minimum atomic E-state index is 0.798. The topological polar surface area (TPSA) is 12.0 Å². The van der Waals surface area contributed by atoms with E-state index in [2.05, 4.69) is 17.6 Å². The number of nitrogens with one attached hydrogen (secondary N) is 1. The lowest BCUT2D eigenvalue weighted by Crippen LogP contribution is -2.28. The highest BCUT2D eigenvalue weighted by atomic mass is 35.5. The second-order valence-corrected chi connectivity index (χ2v) is 5.57. The summed E-state index contributed by atoms with van der Waals surface area (Å²) in [5.74, 6) is 0.798. The number of rotatable bonds is 3. The van der Waals surface area contributed by atoms with E-state index in [0.717, 1.165) is 30.5 Å². The molecule has 1 aliphatic rings. The van der Waals surface area contributed by atoms with Crippen LogP contribution in [0.15, 0.2) is 23.1 Å². The van der Waals surface area contributed by atoms with Gasteiger partial charge in [0, 0.05) is 9.92 Å². The lowest BCUT2D eigenvalue weighted by molar-refractivity contribution is 0.371. The second-order valence-electron chi connectivity index (χ2n) is 4.32. The monoisotopic (exact) mass is 255 g/mol. The Hall–Kier alpha value is -0.180. The number of hydrogen-bond donors (Lipinski definition) is 1. The van der Waals surface area contributed by atoms with Gasteiger partial charge in [0.25, 0.3) is 0 Å². The average Bonchev–Trinajstić information content (AvgIpc) is 2.33. The zero-order chi connectivity index (χ0) is 11.4. The molecule has 0 aliphatic carbocycles. The maximum atomic E-state index is 6.30. The number of piperidine rings is 1. The van der Waals surface area contributed by atoms with Gasteiger partial charge in [-0.15, -0.1) is 11.8 Å². The van der Waals surface area contributed by atoms with Crippen molar-refractivity contribution in [2.75, 3.05) is 19.3 Å². The maximum absolute atomic E-state index is 6.30. The van der Waals surface area contributed by atoms with Crippen molar-refractivity contribution in [2.24, 2.45) is 5.92 Å². The van der Waals surface area contributed by atoms with Gasteiger partial charge in [-0.25, -0.2) is 0 Å². The standard InChI is InChI=1S/C13H18ClNS/c1-16-13-4-2-3-12(14)11(13)9-10-5-7-15-8-6-10/h2-4,10,15H,5-9H2,1H3. The van der Waals surface area contributed by atoms with Crippen LogP contribution in [0.3, 0.4) is 0 Å². The largest absolute Gasteiger partial charge is 0.317 e. The highest BCUT2D eigenvalue weighted by molar-refractivity contribution is 7.98. The van der Waals surface area contributed by atoms with Crippen LogP contribution in [0.2, 0.25) is 5.02 Å². The minimum Gasteiger partial charge on any atom is -0.317 e. The van der Waals surface area contributed by atoms with Gasteiger partial charge in [-0.05, 0) is 62.2 Å². The number of halogens is 1. The van der Waals surface area contributed by atoms with Crippen LogP contribution in [0.4, 0.5) is 0 Å². The van der Waals surface area contributed by atoms with Gasteiger partial charge in [0.1, 0.15) is 0 Å². The third-order valence-corrected chi connectivity index (χ3v) is 4.42. The maximum Gasteiger partial charge on any atom is 0.0449 e. The normalized spacial score (nSPS) is 17.6. The zero-order valence-electron chi connectivity index (χ0n) is 9.63. The molecule has 16 heavy (non-hydrogen) atoms. The summed E-state index contributed by atoms with van der Waals surface area (Å²) in [7, 11) is 0. The molecule has 3 heteroatoms. The molecule has 0 radical (unpaired) electrons. The Morgan fingerprint density at radius 3 is 2.81 bits per heavy atom. The van der Waals surface area contributed by atoms with Crippen molar-refractivity contribution in [2.45, 2.75) is 24.2 Å². The quantitative estimate of drug-likeness (QED) is 0.829. The molecule has 1 aromatic carbocycles. The van der Waals surface area contributed by atoms with E-state index in [-0.39, 0.29) is 0 Å². The molecule has 1 aromatic rings. The predicted molar refractivity (Wildman–Crippen MR) is 72.5 cm³/mol. The van der Waals surface area contributed by atoms with Gasteiger partial charge >= 0.3 is 0 Å². The van der Waals surface area contributed by atoms with E-state index in [1.807, 2.05) is 12.1 Å². The van der Waals surface area contributed by atoms with Crippen LogP contribution in [0, 0.1) is 5.92 Å². The van der Waals surface area contributed by atoms with Crippen LogP contribution in [0.25, 0.3) is 0 Å². The fourth-order valence-corrected chi connectivity index (χ4v) is 3.26. The fraction of sp³-hybridized carbons (Fsp3) is 0.538. The first-order chi connectivity index (χ1) is 7.81. The van der Waals surface area contributed by atoms with Gasteiger partial charge in [-0.2, -0.15) is 0 Å². The van der Waals surface area contributed by atoms with Crippen LogP contribution in [0.5, 0.6) is 0 Å². The number of hydrogen-bond acceptors (Lipinski definition) is 2. The molecule has 1 saturated heterocycles. The van der Waals surface area contributed by atoms with E-state index in [1.54, 1.807) is 11.8 Å². The molecule has 0 amide bonds. The lowest BCUT2D eigenvalue weighted by Gasteiger charge is -2.23. The van der Waals surface area contributed by atoms with Crippen LogP contribution in [-0.4, -0.2) is 19.3 Å². The Balaban J connectivity index is 2.12. The van der Waals surface area contributed by atoms with E-state index in [1.165, 1.54) is 23.3 Å². The predicted octanol–water partition coefficient (Wildman–Crippen LogP) is 3.60. The van der Waals surface area contributed by atoms with Crippen molar-refractivity contribution in [3.8, 4) is 0 Å². The summed E-state index contributed by atoms with van der Waals surface area (Å²) in [4.78, 5) is 1.34. The fourth-order valence-electron chi connectivity index (χ4n) is 2.30. The SMILES string of the molecule is CSc1cccc(Cl)c1CC1CCNCC1. The van der Waals surface area contributed by atoms with E-state index >= 15 is 0 Å². The van der Waals surface area contributed by atoms with Gasteiger partial charge in [0.15, 0.2) is 0 Å². The van der Waals surface area contributed by atoms with Gasteiger partial charge in [-0.3, -0.25) is 0 Å². The van der Waals surface area contributed by atoms with E-state index in [4.69, 9.17) is 11.6 Å². The summed E-state index contributed by atoms with van der Waals surface area (Å²) in [6, 6.07) is 6.23. The van der Waals surface area contributed by atoms with Crippen LogP contribution < -0.4 is 5.32 Å². The molecule has 1 N–H and O–H groups in total. The van der Waals surface area contributed by atoms with Crippen LogP contribution in [0.1, 0.15) is 18.4 Å². The van der Waals surface area contributed by atoms with E-state index in [0.29, 0.717) is 0 Å². The summed E-state index contributed by atoms with van der Waals surface area (Å²) in [5, 5.41) is 4.34. The summed E-state index contributed by atoms with van der Waals surface area (Å²) in [6.07, 6.45) is 5.81. The molecule has 88 valence electrons.